The lowest BCUT2D eigenvalue weighted by atomic mass is 10.1. The zero-order chi connectivity index (χ0) is 22.7. The molecular weight excluding hydrogens is 446 g/mol. The molecule has 0 amide bonds. The summed E-state index contributed by atoms with van der Waals surface area (Å²) in [7, 11) is -3.41. The van der Waals surface area contributed by atoms with Gasteiger partial charge in [0.1, 0.15) is 0 Å². The minimum Gasteiger partial charge on any atom is -0.462 e. The Bertz CT molecular complexity index is 1330. The standard InChI is InChI=1S/C23H23N3O4S2/c1-16(2)26-22-19(15-24-26)18(14-20(25-22)21-10-6-12-31-21)23(27)30-11-7-13-32(28,29)17-8-4-3-5-9-17/h3-6,8-10,12,14-16H,7,11,13H2,1-2H3. The lowest BCUT2D eigenvalue weighted by Gasteiger charge is -2.10. The number of sulfone groups is 1. The summed E-state index contributed by atoms with van der Waals surface area (Å²) in [6.45, 7) is 4.00. The highest BCUT2D eigenvalue weighted by Gasteiger charge is 2.20. The van der Waals surface area contributed by atoms with Crippen LogP contribution in [0.2, 0.25) is 0 Å². The molecule has 0 aliphatic heterocycles. The van der Waals surface area contributed by atoms with Crippen LogP contribution in [0.25, 0.3) is 21.6 Å². The number of nitrogens with zero attached hydrogens (tertiary/aromatic N) is 3. The Morgan fingerprint density at radius 1 is 1.16 bits per heavy atom. The van der Waals surface area contributed by atoms with Crippen LogP contribution in [0.1, 0.15) is 36.7 Å². The van der Waals surface area contributed by atoms with E-state index in [-0.39, 0.29) is 29.7 Å². The summed E-state index contributed by atoms with van der Waals surface area (Å²) in [4.78, 5) is 18.9. The fourth-order valence-electron chi connectivity index (χ4n) is 3.35. The van der Waals surface area contributed by atoms with Gasteiger partial charge in [0.25, 0.3) is 0 Å². The number of hydrogen-bond acceptors (Lipinski definition) is 7. The van der Waals surface area contributed by atoms with Gasteiger partial charge >= 0.3 is 5.97 Å². The Labute approximate surface area is 190 Å². The predicted molar refractivity (Wildman–Crippen MR) is 125 cm³/mol. The molecule has 0 aliphatic rings. The fraction of sp³-hybridized carbons (Fsp3) is 0.261. The van der Waals surface area contributed by atoms with Crippen LogP contribution in [-0.2, 0) is 14.6 Å². The molecule has 0 spiro atoms. The van der Waals surface area contributed by atoms with Gasteiger partial charge in [0, 0.05) is 6.04 Å². The summed E-state index contributed by atoms with van der Waals surface area (Å²) >= 11 is 1.53. The van der Waals surface area contributed by atoms with Crippen molar-refractivity contribution in [1.29, 1.82) is 0 Å². The SMILES string of the molecule is CC(C)n1ncc2c(C(=O)OCCCS(=O)(=O)c3ccccc3)cc(-c3cccs3)nc21. The number of thiophene rings is 1. The van der Waals surface area contributed by atoms with Crippen LogP contribution in [0.5, 0.6) is 0 Å². The summed E-state index contributed by atoms with van der Waals surface area (Å²) < 4.78 is 32.0. The lowest BCUT2D eigenvalue weighted by Crippen LogP contribution is -2.13. The Morgan fingerprint density at radius 3 is 2.62 bits per heavy atom. The average molecular weight is 470 g/mol. The van der Waals surface area contributed by atoms with Gasteiger partial charge in [0.05, 0.1) is 45.0 Å². The van der Waals surface area contributed by atoms with Crippen molar-refractivity contribution in [3.05, 3.63) is 65.7 Å². The molecule has 0 bridgehead atoms. The molecule has 4 aromatic rings. The number of fused-ring (bicyclic) bond motifs is 1. The zero-order valence-corrected chi connectivity index (χ0v) is 19.4. The summed E-state index contributed by atoms with van der Waals surface area (Å²) in [6.07, 6.45) is 1.83. The highest BCUT2D eigenvalue weighted by molar-refractivity contribution is 7.91. The number of carbonyl (C=O) groups excluding carboxylic acids is 1. The number of pyridine rings is 1. The number of esters is 1. The molecule has 0 aliphatic carbocycles. The van der Waals surface area contributed by atoms with Crippen LogP contribution in [0.3, 0.4) is 0 Å². The van der Waals surface area contributed by atoms with Gasteiger partial charge < -0.3 is 4.74 Å². The quantitative estimate of drug-likeness (QED) is 0.273. The average Bonchev–Trinajstić information content (AvgIpc) is 3.46. The molecule has 166 valence electrons. The minimum absolute atomic E-state index is 0.00136. The van der Waals surface area contributed by atoms with E-state index in [0.717, 1.165) is 4.88 Å². The first-order chi connectivity index (χ1) is 15.4. The Balaban J connectivity index is 1.53. The van der Waals surface area contributed by atoms with Crippen LogP contribution in [0.4, 0.5) is 0 Å². The van der Waals surface area contributed by atoms with Gasteiger partial charge in [0.2, 0.25) is 0 Å². The van der Waals surface area contributed by atoms with Gasteiger partial charge in [-0.05, 0) is 49.9 Å². The highest BCUT2D eigenvalue weighted by atomic mass is 32.2. The normalized spacial score (nSPS) is 11.8. The van der Waals surface area contributed by atoms with Gasteiger partial charge in [0.15, 0.2) is 15.5 Å². The molecule has 1 aromatic carbocycles. The summed E-state index contributed by atoms with van der Waals surface area (Å²) in [5.41, 5.74) is 1.66. The van der Waals surface area contributed by atoms with E-state index in [1.165, 1.54) is 11.3 Å². The number of hydrogen-bond donors (Lipinski definition) is 0. The zero-order valence-electron chi connectivity index (χ0n) is 17.8. The molecule has 0 atom stereocenters. The molecule has 0 radical (unpaired) electrons. The van der Waals surface area contributed by atoms with Crippen molar-refractivity contribution >= 4 is 38.2 Å². The van der Waals surface area contributed by atoms with Crippen LogP contribution < -0.4 is 0 Å². The first-order valence-corrected chi connectivity index (χ1v) is 12.8. The number of rotatable bonds is 8. The fourth-order valence-corrected chi connectivity index (χ4v) is 5.34. The third kappa shape index (κ3) is 4.58. The maximum atomic E-state index is 12.9. The molecule has 0 fully saturated rings. The molecule has 0 N–H and O–H groups in total. The second kappa shape index (κ2) is 9.22. The smallest absolute Gasteiger partial charge is 0.339 e. The van der Waals surface area contributed by atoms with E-state index in [1.54, 1.807) is 47.3 Å². The van der Waals surface area contributed by atoms with E-state index >= 15 is 0 Å². The molecule has 0 saturated heterocycles. The molecule has 7 nitrogen and oxygen atoms in total. The van der Waals surface area contributed by atoms with Crippen molar-refractivity contribution in [1.82, 2.24) is 14.8 Å². The molecule has 3 heterocycles. The van der Waals surface area contributed by atoms with Crippen molar-refractivity contribution in [2.24, 2.45) is 0 Å². The summed E-state index contributed by atoms with van der Waals surface area (Å²) in [5, 5.41) is 6.96. The second-order valence-corrected chi connectivity index (χ2v) is 10.6. The van der Waals surface area contributed by atoms with Crippen molar-refractivity contribution in [2.45, 2.75) is 31.2 Å². The maximum absolute atomic E-state index is 12.9. The van der Waals surface area contributed by atoms with Gasteiger partial charge in [-0.25, -0.2) is 22.9 Å². The molecule has 32 heavy (non-hydrogen) atoms. The van der Waals surface area contributed by atoms with E-state index in [4.69, 9.17) is 9.72 Å². The molecule has 4 rings (SSSR count). The molecule has 9 heteroatoms. The van der Waals surface area contributed by atoms with Crippen molar-refractivity contribution in [3.63, 3.8) is 0 Å². The minimum atomic E-state index is -3.41. The van der Waals surface area contributed by atoms with Crippen LogP contribution in [0.15, 0.2) is 65.0 Å². The molecule has 3 aromatic heterocycles. The van der Waals surface area contributed by atoms with E-state index in [2.05, 4.69) is 5.10 Å². The Hall–Kier alpha value is -3.04. The second-order valence-electron chi connectivity index (χ2n) is 7.57. The van der Waals surface area contributed by atoms with Gasteiger partial charge in [-0.2, -0.15) is 5.10 Å². The van der Waals surface area contributed by atoms with Crippen LogP contribution in [0, 0.1) is 0 Å². The summed E-state index contributed by atoms with van der Waals surface area (Å²) in [5.74, 6) is -0.613. The van der Waals surface area contributed by atoms with Gasteiger partial charge in [-0.1, -0.05) is 24.3 Å². The highest BCUT2D eigenvalue weighted by Crippen LogP contribution is 2.29. The Morgan fingerprint density at radius 2 is 1.94 bits per heavy atom. The van der Waals surface area contributed by atoms with Gasteiger partial charge in [-0.15, -0.1) is 11.3 Å². The third-order valence-corrected chi connectivity index (χ3v) is 7.65. The molecular formula is C23H23N3O4S2. The first-order valence-electron chi connectivity index (χ1n) is 10.2. The van der Waals surface area contributed by atoms with Crippen LogP contribution in [-0.4, -0.2) is 41.5 Å². The number of benzene rings is 1. The Kier molecular flexibility index (Phi) is 6.38. The first kappa shape index (κ1) is 22.2. The molecule has 0 saturated carbocycles. The van der Waals surface area contributed by atoms with E-state index < -0.39 is 15.8 Å². The van der Waals surface area contributed by atoms with Crippen molar-refractivity contribution in [2.75, 3.05) is 12.4 Å². The van der Waals surface area contributed by atoms with Crippen LogP contribution >= 0.6 is 11.3 Å². The molecule has 0 unspecified atom stereocenters. The topological polar surface area (TPSA) is 91.2 Å². The van der Waals surface area contributed by atoms with E-state index in [9.17, 15) is 13.2 Å². The lowest BCUT2D eigenvalue weighted by molar-refractivity contribution is 0.0508. The van der Waals surface area contributed by atoms with Crippen molar-refractivity contribution in [3.8, 4) is 10.6 Å². The number of ether oxygens (including phenoxy) is 1. The largest absolute Gasteiger partial charge is 0.462 e. The summed E-state index contributed by atoms with van der Waals surface area (Å²) in [6, 6.07) is 13.9. The van der Waals surface area contributed by atoms with E-state index in [1.807, 2.05) is 31.4 Å². The third-order valence-electron chi connectivity index (χ3n) is 4.94. The number of aromatic nitrogens is 3. The monoisotopic (exact) mass is 469 g/mol. The van der Waals surface area contributed by atoms with Crippen molar-refractivity contribution < 1.29 is 17.9 Å². The van der Waals surface area contributed by atoms with E-state index in [0.29, 0.717) is 22.3 Å². The maximum Gasteiger partial charge on any atom is 0.339 e. The van der Waals surface area contributed by atoms with Gasteiger partial charge in [-0.3, -0.25) is 0 Å². The predicted octanol–water partition coefficient (Wildman–Crippen LogP) is 4.76. The number of carbonyl (C=O) groups is 1.